The minimum Gasteiger partial charge on any atom is -0.316 e. The molecule has 1 heterocycles. The molecule has 0 radical (unpaired) electrons. The lowest BCUT2D eigenvalue weighted by molar-refractivity contribution is 0.148. The number of nitrogens with one attached hydrogen (secondary N) is 1. The second kappa shape index (κ2) is 7.49. The maximum absolute atomic E-state index is 3.57. The van der Waals surface area contributed by atoms with Crippen LogP contribution in [-0.2, 0) is 0 Å². The zero-order valence-electron chi connectivity index (χ0n) is 12.5. The molecule has 0 spiro atoms. The Bertz CT molecular complexity index is 215. The van der Waals surface area contributed by atoms with E-state index in [-0.39, 0.29) is 0 Å². The van der Waals surface area contributed by atoms with Gasteiger partial charge in [0.15, 0.2) is 0 Å². The summed E-state index contributed by atoms with van der Waals surface area (Å²) in [6.45, 7) is 9.89. The first-order chi connectivity index (χ1) is 8.75. The summed E-state index contributed by atoms with van der Waals surface area (Å²) in [4.78, 5) is 2.84. The van der Waals surface area contributed by atoms with Crippen LogP contribution < -0.4 is 5.32 Å². The highest BCUT2D eigenvalue weighted by Crippen LogP contribution is 2.26. The number of rotatable bonds is 6. The molecule has 1 N–H and O–H groups in total. The summed E-state index contributed by atoms with van der Waals surface area (Å²) in [5.41, 5.74) is 0. The molecule has 106 valence electrons. The molecule has 2 heteroatoms. The molecule has 2 nitrogen and oxygen atoms in total. The molecular weight excluding hydrogens is 220 g/mol. The van der Waals surface area contributed by atoms with Crippen molar-refractivity contribution >= 4 is 0 Å². The van der Waals surface area contributed by atoms with E-state index in [1.165, 1.54) is 71.1 Å². The Morgan fingerprint density at radius 2 is 1.89 bits per heavy atom. The maximum atomic E-state index is 3.57. The van der Waals surface area contributed by atoms with Gasteiger partial charge < -0.3 is 10.2 Å². The van der Waals surface area contributed by atoms with Crippen molar-refractivity contribution in [1.82, 2.24) is 10.2 Å². The van der Waals surface area contributed by atoms with Crippen molar-refractivity contribution in [2.75, 3.05) is 26.2 Å². The average molecular weight is 252 g/mol. The van der Waals surface area contributed by atoms with Crippen molar-refractivity contribution in [3.05, 3.63) is 0 Å². The van der Waals surface area contributed by atoms with E-state index in [1.54, 1.807) is 0 Å². The van der Waals surface area contributed by atoms with E-state index in [1.807, 2.05) is 0 Å². The molecule has 18 heavy (non-hydrogen) atoms. The molecule has 1 aliphatic heterocycles. The molecule has 0 bridgehead atoms. The molecule has 1 aliphatic carbocycles. The van der Waals surface area contributed by atoms with E-state index in [0.29, 0.717) is 0 Å². The molecule has 0 unspecified atom stereocenters. The minimum atomic E-state index is 0.846. The van der Waals surface area contributed by atoms with Crippen molar-refractivity contribution in [3.63, 3.8) is 0 Å². The summed E-state index contributed by atoms with van der Waals surface area (Å²) in [5, 5.41) is 3.57. The number of piperidine rings is 1. The normalized spacial score (nSPS) is 26.3. The fourth-order valence-electron chi connectivity index (χ4n) is 3.53. The van der Waals surface area contributed by atoms with Gasteiger partial charge in [0.05, 0.1) is 0 Å². The van der Waals surface area contributed by atoms with Crippen LogP contribution in [0.3, 0.4) is 0 Å². The van der Waals surface area contributed by atoms with Gasteiger partial charge in [0.2, 0.25) is 0 Å². The summed E-state index contributed by atoms with van der Waals surface area (Å²) in [7, 11) is 0. The van der Waals surface area contributed by atoms with E-state index in [2.05, 4.69) is 24.1 Å². The summed E-state index contributed by atoms with van der Waals surface area (Å²) < 4.78 is 0. The lowest BCUT2D eigenvalue weighted by Gasteiger charge is -2.34. The fourth-order valence-corrected chi connectivity index (χ4v) is 3.53. The van der Waals surface area contributed by atoms with Gasteiger partial charge in [-0.25, -0.2) is 0 Å². The van der Waals surface area contributed by atoms with Gasteiger partial charge in [-0.1, -0.05) is 26.7 Å². The molecule has 0 aromatic carbocycles. The van der Waals surface area contributed by atoms with Crippen LogP contribution in [-0.4, -0.2) is 37.1 Å². The van der Waals surface area contributed by atoms with Gasteiger partial charge in [-0.15, -0.1) is 0 Å². The monoisotopic (exact) mass is 252 g/mol. The van der Waals surface area contributed by atoms with Crippen LogP contribution in [0.15, 0.2) is 0 Å². The van der Waals surface area contributed by atoms with Gasteiger partial charge in [0, 0.05) is 12.6 Å². The van der Waals surface area contributed by atoms with E-state index >= 15 is 0 Å². The van der Waals surface area contributed by atoms with Crippen molar-refractivity contribution in [1.29, 1.82) is 0 Å². The highest BCUT2D eigenvalue weighted by Gasteiger charge is 2.25. The van der Waals surface area contributed by atoms with Gasteiger partial charge in [0.25, 0.3) is 0 Å². The fraction of sp³-hybridized carbons (Fsp3) is 1.00. The Balaban J connectivity index is 1.81. The first-order valence-electron chi connectivity index (χ1n) is 8.20. The van der Waals surface area contributed by atoms with Gasteiger partial charge in [-0.05, 0) is 63.6 Å². The lowest BCUT2D eigenvalue weighted by atomic mass is 9.97. The van der Waals surface area contributed by atoms with Crippen LogP contribution in [0.25, 0.3) is 0 Å². The molecule has 2 rings (SSSR count). The zero-order valence-corrected chi connectivity index (χ0v) is 12.5. The highest BCUT2D eigenvalue weighted by atomic mass is 15.2. The second-order valence-electron chi connectivity index (χ2n) is 6.83. The highest BCUT2D eigenvalue weighted by molar-refractivity contribution is 4.81. The van der Waals surface area contributed by atoms with Gasteiger partial charge in [-0.3, -0.25) is 0 Å². The second-order valence-corrected chi connectivity index (χ2v) is 6.83. The van der Waals surface area contributed by atoms with E-state index < -0.39 is 0 Å². The standard InChI is InChI=1S/C16H32N2/c1-14(2)9-11-18(16-7-3-4-8-16)13-15-6-5-10-17-12-15/h14-17H,3-13H2,1-2H3/t15-/m0/s1. The van der Waals surface area contributed by atoms with Crippen LogP contribution in [0.2, 0.25) is 0 Å². The van der Waals surface area contributed by atoms with Crippen molar-refractivity contribution in [3.8, 4) is 0 Å². The van der Waals surface area contributed by atoms with Crippen molar-refractivity contribution in [2.24, 2.45) is 11.8 Å². The van der Waals surface area contributed by atoms with Crippen LogP contribution in [0, 0.1) is 11.8 Å². The molecule has 1 saturated carbocycles. The van der Waals surface area contributed by atoms with Crippen LogP contribution in [0.4, 0.5) is 0 Å². The number of hydrogen-bond donors (Lipinski definition) is 1. The Labute approximate surface area is 114 Å². The molecule has 2 aliphatic rings. The SMILES string of the molecule is CC(C)CCN(C[C@H]1CCCNC1)C1CCCC1. The molecule has 0 aromatic rings. The predicted molar refractivity (Wildman–Crippen MR) is 78.9 cm³/mol. The van der Waals surface area contributed by atoms with Gasteiger partial charge in [-0.2, -0.15) is 0 Å². The third-order valence-corrected chi connectivity index (χ3v) is 4.73. The quantitative estimate of drug-likeness (QED) is 0.780. The lowest BCUT2D eigenvalue weighted by Crippen LogP contribution is -2.42. The van der Waals surface area contributed by atoms with Crippen molar-refractivity contribution < 1.29 is 0 Å². The van der Waals surface area contributed by atoms with E-state index in [0.717, 1.165) is 17.9 Å². The Morgan fingerprint density at radius 3 is 2.50 bits per heavy atom. The number of hydrogen-bond acceptors (Lipinski definition) is 2. The molecule has 0 amide bonds. The molecule has 1 saturated heterocycles. The molecular formula is C16H32N2. The van der Waals surface area contributed by atoms with Crippen molar-refractivity contribution in [2.45, 2.75) is 64.8 Å². The van der Waals surface area contributed by atoms with Crippen LogP contribution >= 0.6 is 0 Å². The zero-order chi connectivity index (χ0) is 12.8. The van der Waals surface area contributed by atoms with Gasteiger partial charge in [0.1, 0.15) is 0 Å². The van der Waals surface area contributed by atoms with E-state index in [9.17, 15) is 0 Å². The smallest absolute Gasteiger partial charge is 0.00953 e. The predicted octanol–water partition coefficient (Wildman–Crippen LogP) is 3.28. The summed E-state index contributed by atoms with van der Waals surface area (Å²) in [6.07, 6.45) is 10.0. The largest absolute Gasteiger partial charge is 0.316 e. The first kappa shape index (κ1) is 14.3. The molecule has 2 fully saturated rings. The third-order valence-electron chi connectivity index (χ3n) is 4.73. The Hall–Kier alpha value is -0.0800. The number of nitrogens with zero attached hydrogens (tertiary/aromatic N) is 1. The molecule has 1 atom stereocenters. The Kier molecular flexibility index (Phi) is 5.97. The maximum Gasteiger partial charge on any atom is 0.00953 e. The average Bonchev–Trinajstić information content (AvgIpc) is 2.89. The topological polar surface area (TPSA) is 15.3 Å². The third kappa shape index (κ3) is 4.55. The van der Waals surface area contributed by atoms with Crippen LogP contribution in [0.5, 0.6) is 0 Å². The van der Waals surface area contributed by atoms with Crippen LogP contribution in [0.1, 0.15) is 58.8 Å². The Morgan fingerprint density at radius 1 is 1.11 bits per heavy atom. The van der Waals surface area contributed by atoms with Gasteiger partial charge >= 0.3 is 0 Å². The van der Waals surface area contributed by atoms with E-state index in [4.69, 9.17) is 0 Å². The first-order valence-corrected chi connectivity index (χ1v) is 8.20. The minimum absolute atomic E-state index is 0.846. The summed E-state index contributed by atoms with van der Waals surface area (Å²) >= 11 is 0. The summed E-state index contributed by atoms with van der Waals surface area (Å²) in [5.74, 6) is 1.75. The molecule has 0 aromatic heterocycles. The summed E-state index contributed by atoms with van der Waals surface area (Å²) in [6, 6.07) is 0.908.